The predicted octanol–water partition coefficient (Wildman–Crippen LogP) is 1.08. The average molecular weight is 205 g/mol. The molecular weight excluding hydrogens is 186 g/mol. The molecule has 0 amide bonds. The fourth-order valence-electron chi connectivity index (χ4n) is 2.12. The molecule has 2 N–H and O–H groups in total. The highest BCUT2D eigenvalue weighted by Gasteiger charge is 2.45. The molecule has 3 nitrogen and oxygen atoms in total. The average Bonchev–Trinajstić information content (AvgIpc) is 2.53. The first kappa shape index (κ1) is 11.0. The largest absolute Gasteiger partial charge is 0.329 e. The topological polar surface area (TPSA) is 60.2 Å². The van der Waals surface area contributed by atoms with Gasteiger partial charge in [-0.2, -0.15) is 0 Å². The molecule has 0 spiro atoms. The van der Waals surface area contributed by atoms with Crippen molar-refractivity contribution in [2.75, 3.05) is 6.54 Å². The summed E-state index contributed by atoms with van der Waals surface area (Å²) < 4.78 is 23.4. The molecule has 1 rings (SSSR count). The van der Waals surface area contributed by atoms with Gasteiger partial charge < -0.3 is 5.73 Å². The van der Waals surface area contributed by atoms with Crippen molar-refractivity contribution in [3.63, 3.8) is 0 Å². The maximum atomic E-state index is 12.0. The predicted molar refractivity (Wildman–Crippen MR) is 54.3 cm³/mol. The summed E-state index contributed by atoms with van der Waals surface area (Å²) in [6.45, 7) is 3.77. The van der Waals surface area contributed by atoms with Crippen LogP contribution in [-0.2, 0) is 9.84 Å². The Morgan fingerprint density at radius 2 is 1.77 bits per heavy atom. The van der Waals surface area contributed by atoms with Crippen LogP contribution in [0.25, 0.3) is 0 Å². The third kappa shape index (κ3) is 1.62. The van der Waals surface area contributed by atoms with E-state index in [1.165, 1.54) is 0 Å². The highest BCUT2D eigenvalue weighted by molar-refractivity contribution is 7.93. The van der Waals surface area contributed by atoms with Crippen molar-refractivity contribution in [1.29, 1.82) is 0 Å². The molecule has 13 heavy (non-hydrogen) atoms. The summed E-state index contributed by atoms with van der Waals surface area (Å²) in [4.78, 5) is 0. The minimum absolute atomic E-state index is 0.285. The van der Waals surface area contributed by atoms with Crippen LogP contribution in [0.2, 0.25) is 0 Å². The molecular formula is C9H19NO2S. The first-order valence-corrected chi connectivity index (χ1v) is 6.44. The second-order valence-electron chi connectivity index (χ2n) is 4.19. The zero-order valence-electron chi connectivity index (χ0n) is 8.41. The molecule has 1 saturated carbocycles. The highest BCUT2D eigenvalue weighted by atomic mass is 32.2. The SMILES string of the molecule is CC(C)S(=O)(=O)C1(CN)CCCC1. The summed E-state index contributed by atoms with van der Waals surface area (Å²) in [6, 6.07) is 0. The zero-order chi connectivity index (χ0) is 10.1. The molecule has 0 bridgehead atoms. The van der Waals surface area contributed by atoms with Crippen molar-refractivity contribution in [3.05, 3.63) is 0 Å². The van der Waals surface area contributed by atoms with Crippen molar-refractivity contribution >= 4 is 9.84 Å². The summed E-state index contributed by atoms with van der Waals surface area (Å²) in [7, 11) is -3.01. The lowest BCUT2D eigenvalue weighted by Gasteiger charge is -2.29. The number of hydrogen-bond donors (Lipinski definition) is 1. The second-order valence-corrected chi connectivity index (χ2v) is 7.09. The maximum absolute atomic E-state index is 12.0. The van der Waals surface area contributed by atoms with Crippen molar-refractivity contribution in [3.8, 4) is 0 Å². The number of hydrogen-bond acceptors (Lipinski definition) is 3. The lowest BCUT2D eigenvalue weighted by molar-refractivity contribution is 0.508. The molecule has 1 aliphatic carbocycles. The Balaban J connectivity index is 3.01. The molecule has 0 saturated heterocycles. The van der Waals surface area contributed by atoms with E-state index in [-0.39, 0.29) is 11.8 Å². The van der Waals surface area contributed by atoms with Gasteiger partial charge in [-0.25, -0.2) is 8.42 Å². The van der Waals surface area contributed by atoms with Crippen LogP contribution in [-0.4, -0.2) is 25.0 Å². The summed E-state index contributed by atoms with van der Waals surface area (Å²) >= 11 is 0. The highest BCUT2D eigenvalue weighted by Crippen LogP contribution is 2.37. The summed E-state index contributed by atoms with van der Waals surface area (Å²) in [5.74, 6) is 0. The fourth-order valence-corrected chi connectivity index (χ4v) is 4.21. The van der Waals surface area contributed by atoms with E-state index in [0.717, 1.165) is 25.7 Å². The van der Waals surface area contributed by atoms with Crippen molar-refractivity contribution < 1.29 is 8.42 Å². The Kier molecular flexibility index (Phi) is 3.02. The van der Waals surface area contributed by atoms with E-state index in [2.05, 4.69) is 0 Å². The Hall–Kier alpha value is -0.0900. The van der Waals surface area contributed by atoms with Gasteiger partial charge in [-0.3, -0.25) is 0 Å². The lowest BCUT2D eigenvalue weighted by atomic mass is 10.1. The van der Waals surface area contributed by atoms with E-state index in [0.29, 0.717) is 0 Å². The first-order valence-electron chi connectivity index (χ1n) is 4.90. The van der Waals surface area contributed by atoms with Crippen molar-refractivity contribution in [2.24, 2.45) is 5.73 Å². The number of sulfone groups is 1. The van der Waals surface area contributed by atoms with Gasteiger partial charge in [-0.15, -0.1) is 0 Å². The van der Waals surface area contributed by atoms with E-state index in [1.54, 1.807) is 13.8 Å². The second kappa shape index (κ2) is 3.58. The van der Waals surface area contributed by atoms with Gasteiger partial charge in [-0.05, 0) is 26.7 Å². The van der Waals surface area contributed by atoms with Gasteiger partial charge in [0.1, 0.15) is 0 Å². The molecule has 4 heteroatoms. The van der Waals surface area contributed by atoms with Gasteiger partial charge in [0.2, 0.25) is 0 Å². The molecule has 0 atom stereocenters. The maximum Gasteiger partial charge on any atom is 0.159 e. The normalized spacial score (nSPS) is 22.5. The van der Waals surface area contributed by atoms with Gasteiger partial charge in [0.15, 0.2) is 9.84 Å². The zero-order valence-corrected chi connectivity index (χ0v) is 9.23. The third-order valence-electron chi connectivity index (χ3n) is 3.11. The number of rotatable bonds is 3. The summed E-state index contributed by atoms with van der Waals surface area (Å²) in [5.41, 5.74) is 5.61. The quantitative estimate of drug-likeness (QED) is 0.750. The molecule has 0 aromatic rings. The fraction of sp³-hybridized carbons (Fsp3) is 1.00. The molecule has 1 aliphatic rings. The van der Waals surface area contributed by atoms with Gasteiger partial charge in [0, 0.05) is 6.54 Å². The minimum atomic E-state index is -3.01. The van der Waals surface area contributed by atoms with Crippen LogP contribution in [0.3, 0.4) is 0 Å². The summed E-state index contributed by atoms with van der Waals surface area (Å²) in [6.07, 6.45) is 3.51. The standard InChI is InChI=1S/C9H19NO2S/c1-8(2)13(11,12)9(7-10)5-3-4-6-9/h8H,3-7,10H2,1-2H3. The van der Waals surface area contributed by atoms with Crippen LogP contribution in [0.15, 0.2) is 0 Å². The van der Waals surface area contributed by atoms with Crippen molar-refractivity contribution in [2.45, 2.75) is 49.5 Å². The lowest BCUT2D eigenvalue weighted by Crippen LogP contribution is -2.46. The molecule has 0 heterocycles. The van der Waals surface area contributed by atoms with Gasteiger partial charge >= 0.3 is 0 Å². The van der Waals surface area contributed by atoms with Gasteiger partial charge in [0.25, 0.3) is 0 Å². The molecule has 0 aromatic carbocycles. The molecule has 0 radical (unpaired) electrons. The molecule has 1 fully saturated rings. The van der Waals surface area contributed by atoms with E-state index in [4.69, 9.17) is 5.73 Å². The Morgan fingerprint density at radius 1 is 1.31 bits per heavy atom. The summed E-state index contributed by atoms with van der Waals surface area (Å²) in [5, 5.41) is -0.297. The van der Waals surface area contributed by atoms with Crippen LogP contribution in [0.5, 0.6) is 0 Å². The Bertz CT molecular complexity index is 263. The smallest absolute Gasteiger partial charge is 0.159 e. The first-order chi connectivity index (χ1) is 5.96. The van der Waals surface area contributed by atoms with Crippen molar-refractivity contribution in [1.82, 2.24) is 0 Å². The van der Waals surface area contributed by atoms with Gasteiger partial charge in [0.05, 0.1) is 10.00 Å². The number of nitrogens with two attached hydrogens (primary N) is 1. The Labute approximate surface area is 80.6 Å². The monoisotopic (exact) mass is 205 g/mol. The Morgan fingerprint density at radius 3 is 2.08 bits per heavy atom. The van der Waals surface area contributed by atoms with Crippen LogP contribution < -0.4 is 5.73 Å². The van der Waals surface area contributed by atoms with Crippen LogP contribution in [0.4, 0.5) is 0 Å². The molecule has 78 valence electrons. The van der Waals surface area contributed by atoms with Crippen LogP contribution in [0.1, 0.15) is 39.5 Å². The van der Waals surface area contributed by atoms with Crippen LogP contribution in [0, 0.1) is 0 Å². The van der Waals surface area contributed by atoms with E-state index >= 15 is 0 Å². The molecule has 0 aliphatic heterocycles. The van der Waals surface area contributed by atoms with Crippen LogP contribution >= 0.6 is 0 Å². The van der Waals surface area contributed by atoms with E-state index < -0.39 is 14.6 Å². The minimum Gasteiger partial charge on any atom is -0.329 e. The molecule has 0 aromatic heterocycles. The van der Waals surface area contributed by atoms with Gasteiger partial charge in [-0.1, -0.05) is 12.8 Å². The third-order valence-corrected chi connectivity index (χ3v) is 6.13. The van der Waals surface area contributed by atoms with E-state index in [1.807, 2.05) is 0 Å². The van der Waals surface area contributed by atoms with E-state index in [9.17, 15) is 8.42 Å². The molecule has 0 unspecified atom stereocenters.